The van der Waals surface area contributed by atoms with E-state index in [4.69, 9.17) is 16.6 Å². The van der Waals surface area contributed by atoms with Crippen molar-refractivity contribution in [2.75, 3.05) is 19.8 Å². The molecule has 0 N–H and O–H groups in total. The van der Waals surface area contributed by atoms with Gasteiger partial charge in [-0.25, -0.2) is 4.79 Å². The molecule has 20 heavy (non-hydrogen) atoms. The van der Waals surface area contributed by atoms with Crippen LogP contribution in [-0.4, -0.2) is 34.9 Å². The van der Waals surface area contributed by atoms with Gasteiger partial charge in [0.25, 0.3) is 0 Å². The van der Waals surface area contributed by atoms with E-state index in [-0.39, 0.29) is 17.1 Å². The van der Waals surface area contributed by atoms with Gasteiger partial charge < -0.3 is 9.32 Å². The fraction of sp³-hybridized carbons (Fsp3) is 0.214. The number of nitrogens with zero attached hydrogens (tertiary/aromatic N) is 1. The summed E-state index contributed by atoms with van der Waals surface area (Å²) < 4.78 is 5.74. The van der Waals surface area contributed by atoms with Crippen LogP contribution in [0.1, 0.15) is 10.4 Å². The Bertz CT molecular complexity index is 722. The summed E-state index contributed by atoms with van der Waals surface area (Å²) in [6.07, 6.45) is 0. The number of hydrogen-bond acceptors (Lipinski definition) is 5. The number of rotatable bonds is 3. The smallest absolute Gasteiger partial charge is 0.347 e. The number of fused-ring (bicyclic) bond motifs is 1. The molecule has 0 spiro atoms. The van der Waals surface area contributed by atoms with Gasteiger partial charge in [-0.2, -0.15) is 0 Å². The molecular formula is C14H13NO3S2. The summed E-state index contributed by atoms with van der Waals surface area (Å²) in [6.45, 7) is 0. The summed E-state index contributed by atoms with van der Waals surface area (Å²) in [5, 5.41) is 0.732. The lowest BCUT2D eigenvalue weighted by atomic mass is 10.1. The molecule has 0 aliphatic heterocycles. The first-order valence-corrected chi connectivity index (χ1v) is 7.28. The van der Waals surface area contributed by atoms with Crippen LogP contribution in [0.4, 0.5) is 0 Å². The third kappa shape index (κ3) is 3.26. The van der Waals surface area contributed by atoms with Crippen LogP contribution < -0.4 is 5.63 Å². The van der Waals surface area contributed by atoms with Crippen LogP contribution in [0.5, 0.6) is 0 Å². The zero-order chi connectivity index (χ0) is 14.7. The molecule has 0 aliphatic carbocycles. The molecule has 1 aromatic heterocycles. The zero-order valence-electron chi connectivity index (χ0n) is 11.1. The van der Waals surface area contributed by atoms with Gasteiger partial charge in [0.15, 0.2) is 5.78 Å². The largest absolute Gasteiger partial charge is 0.422 e. The number of Topliss-reactive ketones (excluding diaryl/α,β-unsaturated/α-hetero) is 1. The van der Waals surface area contributed by atoms with E-state index in [1.807, 2.05) is 20.2 Å². The van der Waals surface area contributed by atoms with Crippen LogP contribution in [0.25, 0.3) is 11.0 Å². The summed E-state index contributed by atoms with van der Waals surface area (Å²) in [7, 11) is 3.62. The van der Waals surface area contributed by atoms with E-state index in [0.29, 0.717) is 9.90 Å². The van der Waals surface area contributed by atoms with Crippen LogP contribution in [-0.2, 0) is 0 Å². The maximum Gasteiger partial charge on any atom is 0.347 e. The van der Waals surface area contributed by atoms with Crippen LogP contribution in [0.15, 0.2) is 39.5 Å². The van der Waals surface area contributed by atoms with Crippen molar-refractivity contribution < 1.29 is 9.21 Å². The number of benzene rings is 1. The van der Waals surface area contributed by atoms with Gasteiger partial charge in [-0.3, -0.25) is 4.79 Å². The average Bonchev–Trinajstić information content (AvgIpc) is 2.43. The van der Waals surface area contributed by atoms with Gasteiger partial charge in [0.05, 0.1) is 5.75 Å². The van der Waals surface area contributed by atoms with Crippen molar-refractivity contribution in [2.24, 2.45) is 0 Å². The second kappa shape index (κ2) is 6.19. The predicted molar refractivity (Wildman–Crippen MR) is 85.6 cm³/mol. The van der Waals surface area contributed by atoms with E-state index in [2.05, 4.69) is 0 Å². The van der Waals surface area contributed by atoms with E-state index in [9.17, 15) is 9.59 Å². The molecule has 0 bridgehead atoms. The highest BCUT2D eigenvalue weighted by atomic mass is 32.2. The fourth-order valence-corrected chi connectivity index (χ4v) is 2.44. The SMILES string of the molecule is CN(C)C(=S)SCC(=O)c1cc2ccccc2oc1=O. The molecule has 4 nitrogen and oxygen atoms in total. The van der Waals surface area contributed by atoms with Crippen LogP contribution in [0.3, 0.4) is 0 Å². The van der Waals surface area contributed by atoms with E-state index >= 15 is 0 Å². The lowest BCUT2D eigenvalue weighted by Crippen LogP contribution is -2.20. The van der Waals surface area contributed by atoms with Crippen LogP contribution >= 0.6 is 24.0 Å². The number of thioether (sulfide) groups is 1. The van der Waals surface area contributed by atoms with Crippen molar-refractivity contribution in [3.63, 3.8) is 0 Å². The highest BCUT2D eigenvalue weighted by Crippen LogP contribution is 2.15. The average molecular weight is 307 g/mol. The quantitative estimate of drug-likeness (QED) is 0.493. The van der Waals surface area contributed by atoms with E-state index in [1.165, 1.54) is 11.8 Å². The van der Waals surface area contributed by atoms with Gasteiger partial charge in [-0.15, -0.1) is 0 Å². The third-order valence-electron chi connectivity index (χ3n) is 2.63. The molecule has 0 saturated heterocycles. The summed E-state index contributed by atoms with van der Waals surface area (Å²) >= 11 is 6.32. The normalized spacial score (nSPS) is 10.5. The number of para-hydroxylation sites is 1. The van der Waals surface area contributed by atoms with Crippen molar-refractivity contribution in [1.82, 2.24) is 4.90 Å². The highest BCUT2D eigenvalue weighted by molar-refractivity contribution is 8.23. The zero-order valence-corrected chi connectivity index (χ0v) is 12.7. The van der Waals surface area contributed by atoms with E-state index < -0.39 is 5.63 Å². The maximum atomic E-state index is 12.1. The molecule has 0 fully saturated rings. The Labute approximate surface area is 125 Å². The summed E-state index contributed by atoms with van der Waals surface area (Å²) in [6, 6.07) is 8.67. The van der Waals surface area contributed by atoms with Crippen LogP contribution in [0.2, 0.25) is 0 Å². The molecule has 1 heterocycles. The first-order valence-electron chi connectivity index (χ1n) is 5.89. The molecule has 6 heteroatoms. The number of ketones is 1. The van der Waals surface area contributed by atoms with Gasteiger partial charge in [0, 0.05) is 19.5 Å². The first kappa shape index (κ1) is 14.7. The molecule has 0 atom stereocenters. The molecule has 0 radical (unpaired) electrons. The molecule has 0 amide bonds. The Balaban J connectivity index is 2.24. The van der Waals surface area contributed by atoms with E-state index in [1.54, 1.807) is 29.2 Å². The van der Waals surface area contributed by atoms with Crippen molar-refractivity contribution in [1.29, 1.82) is 0 Å². The van der Waals surface area contributed by atoms with Crippen LogP contribution in [0, 0.1) is 0 Å². The van der Waals surface area contributed by atoms with Crippen molar-refractivity contribution in [3.8, 4) is 0 Å². The van der Waals surface area contributed by atoms with Gasteiger partial charge in [-0.1, -0.05) is 42.2 Å². The van der Waals surface area contributed by atoms with Gasteiger partial charge >= 0.3 is 5.63 Å². The predicted octanol–water partition coefficient (Wildman–Crippen LogP) is 2.56. The van der Waals surface area contributed by atoms with Gasteiger partial charge in [0.1, 0.15) is 15.5 Å². The number of hydrogen-bond donors (Lipinski definition) is 0. The van der Waals surface area contributed by atoms with Crippen molar-refractivity contribution in [2.45, 2.75) is 0 Å². The monoisotopic (exact) mass is 307 g/mol. The Kier molecular flexibility index (Phi) is 4.57. The molecule has 0 unspecified atom stereocenters. The third-order valence-corrected chi connectivity index (χ3v) is 4.37. The maximum absolute atomic E-state index is 12.1. The minimum Gasteiger partial charge on any atom is -0.422 e. The highest BCUT2D eigenvalue weighted by Gasteiger charge is 2.15. The number of thiocarbonyl (C=S) groups is 1. The standard InChI is InChI=1S/C14H13NO3S2/c1-15(2)14(19)20-8-11(16)10-7-9-5-3-4-6-12(9)18-13(10)17/h3-7H,8H2,1-2H3. The second-order valence-corrected chi connectivity index (χ2v) is 5.97. The minimum atomic E-state index is -0.606. The van der Waals surface area contributed by atoms with Crippen molar-refractivity contribution in [3.05, 3.63) is 46.3 Å². The lowest BCUT2D eigenvalue weighted by Gasteiger charge is -2.11. The van der Waals surface area contributed by atoms with E-state index in [0.717, 1.165) is 5.39 Å². The first-order chi connectivity index (χ1) is 9.49. The Morgan fingerprint density at radius 2 is 2.05 bits per heavy atom. The molecular weight excluding hydrogens is 294 g/mol. The summed E-state index contributed by atoms with van der Waals surface area (Å²) in [5.41, 5.74) is -0.0617. The molecule has 0 aliphatic rings. The number of carbonyl (C=O) groups is 1. The molecule has 2 rings (SSSR count). The Hall–Kier alpha value is -1.66. The summed E-state index contributed by atoms with van der Waals surface area (Å²) in [5.74, 6) is -0.154. The Morgan fingerprint density at radius 3 is 2.75 bits per heavy atom. The topological polar surface area (TPSA) is 50.5 Å². The molecule has 0 saturated carbocycles. The van der Waals surface area contributed by atoms with Crippen molar-refractivity contribution >= 4 is 45.1 Å². The summed E-state index contributed by atoms with van der Waals surface area (Å²) in [4.78, 5) is 25.6. The molecule has 104 valence electrons. The fourth-order valence-electron chi connectivity index (χ4n) is 1.59. The lowest BCUT2D eigenvalue weighted by molar-refractivity contribution is 0.101. The second-order valence-electron chi connectivity index (χ2n) is 4.36. The molecule has 1 aromatic carbocycles. The van der Waals surface area contributed by atoms with Gasteiger partial charge in [0.2, 0.25) is 0 Å². The number of carbonyl (C=O) groups excluding carboxylic acids is 1. The Morgan fingerprint density at radius 1 is 1.35 bits per heavy atom. The minimum absolute atomic E-state index is 0.0674. The molecule has 2 aromatic rings. The van der Waals surface area contributed by atoms with Gasteiger partial charge in [-0.05, 0) is 12.1 Å².